The fourth-order valence-corrected chi connectivity index (χ4v) is 3.13. The predicted octanol–water partition coefficient (Wildman–Crippen LogP) is 2.65. The number of rotatable bonds is 9. The number of hydrogen-bond acceptors (Lipinski definition) is 7. The van der Waals surface area contributed by atoms with Gasteiger partial charge in [0.1, 0.15) is 0 Å². The molecule has 2 aromatic carbocycles. The SMILES string of the molecule is CC(C)COC(=O)C1CNC(Nc2cccc(C(=O)NCc3cccc(C=CC(=O)O)c3)c2)=N1. The monoisotopic (exact) mass is 464 g/mol. The summed E-state index contributed by atoms with van der Waals surface area (Å²) >= 11 is 0. The molecule has 0 radical (unpaired) electrons. The molecule has 178 valence electrons. The van der Waals surface area contributed by atoms with E-state index in [4.69, 9.17) is 9.84 Å². The average molecular weight is 465 g/mol. The number of carboxylic acids is 1. The highest BCUT2D eigenvalue weighted by atomic mass is 16.5. The van der Waals surface area contributed by atoms with Crippen LogP contribution in [0.15, 0.2) is 59.6 Å². The topological polar surface area (TPSA) is 129 Å². The molecule has 1 aliphatic heterocycles. The number of nitrogens with one attached hydrogen (secondary N) is 3. The second-order valence-corrected chi connectivity index (χ2v) is 8.20. The number of carbonyl (C=O) groups is 3. The Balaban J connectivity index is 1.56. The predicted molar refractivity (Wildman–Crippen MR) is 129 cm³/mol. The zero-order chi connectivity index (χ0) is 24.5. The first-order valence-corrected chi connectivity index (χ1v) is 10.9. The van der Waals surface area contributed by atoms with Crippen molar-refractivity contribution in [2.45, 2.75) is 26.4 Å². The number of esters is 1. The van der Waals surface area contributed by atoms with Crippen LogP contribution in [0.1, 0.15) is 35.3 Å². The van der Waals surface area contributed by atoms with Gasteiger partial charge in [-0.3, -0.25) is 4.79 Å². The molecule has 2 aromatic rings. The fraction of sp³-hybridized carbons (Fsp3) is 0.280. The smallest absolute Gasteiger partial charge is 0.332 e. The Hall–Kier alpha value is -4.14. The van der Waals surface area contributed by atoms with Crippen LogP contribution < -0.4 is 16.0 Å². The summed E-state index contributed by atoms with van der Waals surface area (Å²) in [4.78, 5) is 39.7. The molecule has 0 fully saturated rings. The van der Waals surface area contributed by atoms with Crippen molar-refractivity contribution in [2.24, 2.45) is 10.9 Å². The molecule has 0 aliphatic carbocycles. The number of nitrogens with zero attached hydrogens (tertiary/aromatic N) is 1. The number of aliphatic carboxylic acids is 1. The number of guanidine groups is 1. The summed E-state index contributed by atoms with van der Waals surface area (Å²) in [6, 6.07) is 13.6. The van der Waals surface area contributed by atoms with Crippen molar-refractivity contribution in [1.82, 2.24) is 10.6 Å². The molecular weight excluding hydrogens is 436 g/mol. The third kappa shape index (κ3) is 7.47. The van der Waals surface area contributed by atoms with Gasteiger partial charge in [0.2, 0.25) is 0 Å². The summed E-state index contributed by atoms with van der Waals surface area (Å²) in [5.74, 6) is -0.949. The fourth-order valence-electron chi connectivity index (χ4n) is 3.13. The average Bonchev–Trinajstić information content (AvgIpc) is 3.28. The van der Waals surface area contributed by atoms with Gasteiger partial charge in [0, 0.05) is 23.9 Å². The summed E-state index contributed by atoms with van der Waals surface area (Å²) in [5, 5.41) is 17.7. The molecular formula is C25H28N4O5. The lowest BCUT2D eigenvalue weighted by Gasteiger charge is -2.09. The normalized spacial score (nSPS) is 15.0. The zero-order valence-electron chi connectivity index (χ0n) is 19.1. The van der Waals surface area contributed by atoms with Gasteiger partial charge in [0.15, 0.2) is 12.0 Å². The highest BCUT2D eigenvalue weighted by Crippen LogP contribution is 2.13. The highest BCUT2D eigenvalue weighted by molar-refractivity contribution is 6.00. The summed E-state index contributed by atoms with van der Waals surface area (Å²) in [6.45, 7) is 4.93. The van der Waals surface area contributed by atoms with Crippen molar-refractivity contribution in [3.63, 3.8) is 0 Å². The second-order valence-electron chi connectivity index (χ2n) is 8.20. The number of carbonyl (C=O) groups excluding carboxylic acids is 2. The van der Waals surface area contributed by atoms with Crippen LogP contribution in [-0.4, -0.2) is 48.1 Å². The van der Waals surface area contributed by atoms with Gasteiger partial charge in [-0.05, 0) is 47.4 Å². The molecule has 0 aromatic heterocycles. The van der Waals surface area contributed by atoms with E-state index in [1.165, 1.54) is 6.08 Å². The van der Waals surface area contributed by atoms with Crippen LogP contribution in [0.25, 0.3) is 6.08 Å². The molecule has 1 atom stereocenters. The Bertz CT molecular complexity index is 1110. The lowest BCUT2D eigenvalue weighted by Crippen LogP contribution is -2.30. The van der Waals surface area contributed by atoms with Gasteiger partial charge in [-0.1, -0.05) is 38.1 Å². The Morgan fingerprint density at radius 2 is 2.00 bits per heavy atom. The molecule has 4 N–H and O–H groups in total. The maximum Gasteiger partial charge on any atom is 0.332 e. The molecule has 1 heterocycles. The number of benzene rings is 2. The molecule has 9 heteroatoms. The van der Waals surface area contributed by atoms with Crippen LogP contribution in [-0.2, 0) is 20.9 Å². The van der Waals surface area contributed by atoms with Gasteiger partial charge in [-0.15, -0.1) is 0 Å². The molecule has 0 saturated heterocycles. The van der Waals surface area contributed by atoms with Gasteiger partial charge in [-0.2, -0.15) is 0 Å². The van der Waals surface area contributed by atoms with Gasteiger partial charge in [0.05, 0.1) is 13.2 Å². The molecule has 3 rings (SSSR count). The van der Waals surface area contributed by atoms with Crippen molar-refractivity contribution in [2.75, 3.05) is 18.5 Å². The number of carboxylic acid groups (broad SMARTS) is 1. The van der Waals surface area contributed by atoms with E-state index in [1.54, 1.807) is 36.4 Å². The van der Waals surface area contributed by atoms with E-state index < -0.39 is 12.0 Å². The molecule has 1 aliphatic rings. The van der Waals surface area contributed by atoms with Crippen LogP contribution in [0.2, 0.25) is 0 Å². The lowest BCUT2D eigenvalue weighted by atomic mass is 10.1. The molecule has 0 spiro atoms. The number of ether oxygens (including phenoxy) is 1. The minimum Gasteiger partial charge on any atom is -0.478 e. The van der Waals surface area contributed by atoms with Crippen molar-refractivity contribution >= 4 is 35.6 Å². The first-order valence-electron chi connectivity index (χ1n) is 10.9. The minimum atomic E-state index is -1.02. The Morgan fingerprint density at radius 3 is 2.76 bits per heavy atom. The van der Waals surface area contributed by atoms with Gasteiger partial charge in [-0.25, -0.2) is 14.6 Å². The van der Waals surface area contributed by atoms with Gasteiger partial charge >= 0.3 is 11.9 Å². The van der Waals surface area contributed by atoms with Crippen LogP contribution in [0.3, 0.4) is 0 Å². The van der Waals surface area contributed by atoms with Crippen molar-refractivity contribution in [3.05, 3.63) is 71.3 Å². The van der Waals surface area contributed by atoms with Crippen LogP contribution in [0.5, 0.6) is 0 Å². The van der Waals surface area contributed by atoms with E-state index in [2.05, 4.69) is 20.9 Å². The second kappa shape index (κ2) is 11.6. The summed E-state index contributed by atoms with van der Waals surface area (Å²) < 4.78 is 5.23. The molecule has 1 unspecified atom stereocenters. The van der Waals surface area contributed by atoms with E-state index >= 15 is 0 Å². The number of hydrogen-bond donors (Lipinski definition) is 4. The van der Waals surface area contributed by atoms with E-state index in [0.717, 1.165) is 17.2 Å². The van der Waals surface area contributed by atoms with Crippen molar-refractivity contribution in [3.8, 4) is 0 Å². The maximum absolute atomic E-state index is 12.6. The molecule has 9 nitrogen and oxygen atoms in total. The summed E-state index contributed by atoms with van der Waals surface area (Å²) in [6.07, 6.45) is 2.56. The van der Waals surface area contributed by atoms with E-state index in [9.17, 15) is 14.4 Å². The zero-order valence-corrected chi connectivity index (χ0v) is 19.1. The number of anilines is 1. The standard InChI is InChI=1S/C25H28N4O5/c1-16(2)15-34-24(33)21-14-27-25(29-21)28-20-8-4-7-19(12-20)23(32)26-13-18-6-3-5-17(11-18)9-10-22(30)31/h3-12,16,21H,13-15H2,1-2H3,(H,26,32)(H,30,31)(H2,27,28,29). The van der Waals surface area contributed by atoms with Crippen LogP contribution in [0, 0.1) is 5.92 Å². The molecule has 34 heavy (non-hydrogen) atoms. The Kier molecular flexibility index (Phi) is 8.39. The summed E-state index contributed by atoms with van der Waals surface area (Å²) in [5.41, 5.74) is 2.68. The Morgan fingerprint density at radius 1 is 1.21 bits per heavy atom. The molecule has 1 amide bonds. The van der Waals surface area contributed by atoms with Crippen molar-refractivity contribution < 1.29 is 24.2 Å². The van der Waals surface area contributed by atoms with Gasteiger partial charge < -0.3 is 25.8 Å². The summed E-state index contributed by atoms with van der Waals surface area (Å²) in [7, 11) is 0. The minimum absolute atomic E-state index is 0.256. The molecule has 0 bridgehead atoms. The Labute approximate surface area is 197 Å². The third-order valence-electron chi connectivity index (χ3n) is 4.79. The van der Waals surface area contributed by atoms with E-state index in [0.29, 0.717) is 36.9 Å². The van der Waals surface area contributed by atoms with Crippen LogP contribution in [0.4, 0.5) is 5.69 Å². The quantitative estimate of drug-likeness (QED) is 0.332. The number of amides is 1. The van der Waals surface area contributed by atoms with Gasteiger partial charge in [0.25, 0.3) is 5.91 Å². The van der Waals surface area contributed by atoms with Crippen molar-refractivity contribution in [1.29, 1.82) is 0 Å². The van der Waals surface area contributed by atoms with E-state index in [1.807, 2.05) is 26.0 Å². The first kappa shape index (κ1) is 24.5. The maximum atomic E-state index is 12.6. The third-order valence-corrected chi connectivity index (χ3v) is 4.79. The van der Waals surface area contributed by atoms with Crippen LogP contribution >= 0.6 is 0 Å². The highest BCUT2D eigenvalue weighted by Gasteiger charge is 2.25. The largest absolute Gasteiger partial charge is 0.478 e. The number of aliphatic imine (C=N–C) groups is 1. The van der Waals surface area contributed by atoms with E-state index in [-0.39, 0.29) is 17.8 Å². The molecule has 0 saturated carbocycles. The lowest BCUT2D eigenvalue weighted by molar-refractivity contribution is -0.145. The first-order chi connectivity index (χ1) is 16.3.